The van der Waals surface area contributed by atoms with Crippen LogP contribution in [0, 0.1) is 0 Å². The van der Waals surface area contributed by atoms with Crippen molar-refractivity contribution in [3.8, 4) is 0 Å². The predicted molar refractivity (Wildman–Crippen MR) is 67.7 cm³/mol. The van der Waals surface area contributed by atoms with Crippen LogP contribution in [0.5, 0.6) is 0 Å². The lowest BCUT2D eigenvalue weighted by Gasteiger charge is -1.79. The first kappa shape index (κ1) is 30.6. The molecule has 0 aromatic carbocycles. The Hall–Kier alpha value is 0. The van der Waals surface area contributed by atoms with Gasteiger partial charge in [-0.3, -0.25) is 0 Å². The van der Waals surface area contributed by atoms with Gasteiger partial charge in [0.25, 0.3) is 0 Å². The van der Waals surface area contributed by atoms with Crippen molar-refractivity contribution in [2.24, 2.45) is 0 Å². The molecule has 0 N–H and O–H groups in total. The molecule has 0 saturated carbocycles. The second-order valence-corrected chi connectivity index (χ2v) is 1.21. The van der Waals surface area contributed by atoms with E-state index in [2.05, 4.69) is 6.92 Å². The summed E-state index contributed by atoms with van der Waals surface area (Å²) in [6.07, 6.45) is 3.54. The van der Waals surface area contributed by atoms with Gasteiger partial charge in [-0.1, -0.05) is 77.6 Å². The average Bonchev–Trinajstić information content (AvgIpc) is 1.88. The van der Waals surface area contributed by atoms with Crippen LogP contribution in [0.25, 0.3) is 0 Å². The SMILES string of the molecule is C.C.C.C.C.C.[2H]CCCCC.[2H][2H]. The molecule has 11 heavy (non-hydrogen) atoms. The monoisotopic (exact) mass is 173 g/mol. The Balaban J connectivity index is -0.00000000708. The van der Waals surface area contributed by atoms with Crippen molar-refractivity contribution in [3.05, 3.63) is 0 Å². The van der Waals surface area contributed by atoms with Gasteiger partial charge in [0.2, 0.25) is 0 Å². The molecule has 0 spiro atoms. The molecular weight excluding hydrogens is 132 g/mol. The van der Waals surface area contributed by atoms with E-state index in [1.807, 2.05) is 0 Å². The predicted octanol–water partition coefficient (Wildman–Crippen LogP) is 6.26. The maximum atomic E-state index is 6.71. The molecule has 0 radical (unpaired) electrons. The van der Waals surface area contributed by atoms with Gasteiger partial charge in [0.1, 0.15) is 0 Å². The van der Waals surface area contributed by atoms with Crippen LogP contribution in [0.3, 0.4) is 0 Å². The van der Waals surface area contributed by atoms with E-state index in [0.717, 1.165) is 6.42 Å². The van der Waals surface area contributed by atoms with Gasteiger partial charge in [0.05, 0.1) is 0 Å². The molecule has 0 atom stereocenters. The van der Waals surface area contributed by atoms with Gasteiger partial charge in [0.15, 0.2) is 0 Å². The van der Waals surface area contributed by atoms with Crippen LogP contribution in [0.4, 0.5) is 0 Å². The van der Waals surface area contributed by atoms with E-state index in [4.69, 9.17) is 4.34 Å². The van der Waals surface area contributed by atoms with Crippen molar-refractivity contribution in [2.45, 2.75) is 77.6 Å². The second kappa shape index (κ2) is 90.0. The lowest BCUT2D eigenvalue weighted by atomic mass is 10.3. The fourth-order valence-corrected chi connectivity index (χ4v) is 0.250. The Morgan fingerprint density at radius 3 is 1.45 bits per heavy atom. The van der Waals surface area contributed by atoms with Crippen LogP contribution in [-0.4, -0.2) is 0 Å². The van der Waals surface area contributed by atoms with Crippen LogP contribution in [0.2, 0.25) is 0 Å². The first-order valence-electron chi connectivity index (χ1n) is 3.91. The quantitative estimate of drug-likeness (QED) is 0.432. The maximum Gasteiger partial charge on any atom is 0.0230 e. The minimum atomic E-state index is 0. The van der Waals surface area contributed by atoms with Crippen molar-refractivity contribution in [3.63, 3.8) is 0 Å². The summed E-state index contributed by atoms with van der Waals surface area (Å²) in [5.74, 6) is 0. The third kappa shape index (κ3) is 160. The largest absolute Gasteiger partial charge is 0.0776 e. The molecule has 0 nitrogen and oxygen atoms in total. The van der Waals surface area contributed by atoms with E-state index in [-0.39, 0.29) is 44.6 Å². The fraction of sp³-hybridized carbons (Fsp3) is 1.00. The van der Waals surface area contributed by atoms with E-state index < -0.39 is 0 Å². The molecule has 0 heterocycles. The molecule has 0 heteroatoms. The molecule has 0 rings (SSSR count). The number of hydrogen-bond donors (Lipinski definition) is 0. The Morgan fingerprint density at radius 2 is 1.36 bits per heavy atom. The molecule has 0 fully saturated rings. The maximum absolute atomic E-state index is 6.71. The van der Waals surface area contributed by atoms with Crippen LogP contribution in [0.1, 0.15) is 82.0 Å². The Bertz CT molecular complexity index is 22.5. The van der Waals surface area contributed by atoms with Gasteiger partial charge in [-0.2, -0.15) is 0 Å². The van der Waals surface area contributed by atoms with Crippen LogP contribution >= 0.6 is 0 Å². The number of unbranched alkanes of at least 4 members (excludes halogenated alkanes) is 2. The zero-order chi connectivity index (χ0) is 6.83. The lowest BCUT2D eigenvalue weighted by molar-refractivity contribution is 0.772. The summed E-state index contributed by atoms with van der Waals surface area (Å²) in [5, 5.41) is 0. The van der Waals surface area contributed by atoms with Crippen LogP contribution < -0.4 is 0 Å². The molecule has 82 valence electrons. The summed E-state index contributed by atoms with van der Waals surface area (Å²) in [4.78, 5) is 0. The highest BCUT2D eigenvalue weighted by molar-refractivity contribution is 4.24. The van der Waals surface area contributed by atoms with Gasteiger partial charge in [0, 0.05) is 4.34 Å². The summed E-state index contributed by atoms with van der Waals surface area (Å²) in [5.41, 5.74) is 0. The highest BCUT2D eigenvalue weighted by Gasteiger charge is 1.68. The normalized spacial score (nSPS) is 5.73. The highest BCUT2D eigenvalue weighted by atomic mass is 13.7. The lowest BCUT2D eigenvalue weighted by Crippen LogP contribution is -1.59. The van der Waals surface area contributed by atoms with E-state index in [9.17, 15) is 0 Å². The number of rotatable bonds is 2. The van der Waals surface area contributed by atoms with Crippen LogP contribution in [-0.2, 0) is 0 Å². The second-order valence-electron chi connectivity index (χ2n) is 1.21. The van der Waals surface area contributed by atoms with Gasteiger partial charge < -0.3 is 0 Å². The van der Waals surface area contributed by atoms with Crippen molar-refractivity contribution in [1.29, 1.82) is 0 Å². The topological polar surface area (TPSA) is 0 Å². The van der Waals surface area contributed by atoms with Gasteiger partial charge in [-0.25, -0.2) is 0 Å². The molecule has 0 aromatic rings. The Morgan fingerprint density at radius 1 is 1.00 bits per heavy atom. The molecule has 0 bridgehead atoms. The highest BCUT2D eigenvalue weighted by Crippen LogP contribution is 1.88. The third-order valence-electron chi connectivity index (χ3n) is 0.604. The summed E-state index contributed by atoms with van der Waals surface area (Å²) in [7, 11) is 0. The first-order chi connectivity index (χ1) is 3.91. The zero-order valence-electron chi connectivity index (χ0n) is 6.83. The molecule has 0 amide bonds. The average molecular weight is 173 g/mol. The molecule has 0 aliphatic carbocycles. The molecule has 0 aliphatic heterocycles. The van der Waals surface area contributed by atoms with Crippen molar-refractivity contribution in [2.75, 3.05) is 0 Å². The minimum Gasteiger partial charge on any atom is -0.0776 e. The smallest absolute Gasteiger partial charge is 0.0230 e. The molecule has 0 aliphatic rings. The van der Waals surface area contributed by atoms with E-state index in [1.165, 1.54) is 12.8 Å². The van der Waals surface area contributed by atoms with Crippen molar-refractivity contribution < 1.29 is 4.34 Å². The number of hydrogen-bond acceptors (Lipinski definition) is 0. The molecule has 0 saturated heterocycles. The Labute approximate surface area is 82.9 Å². The van der Waals surface area contributed by atoms with E-state index >= 15 is 0 Å². The Kier molecular flexibility index (Phi) is 250. The molecular formula is C11H38. The first-order valence-corrected chi connectivity index (χ1v) is 2.21. The van der Waals surface area contributed by atoms with Gasteiger partial charge in [-0.15, -0.1) is 0 Å². The zero-order valence-corrected chi connectivity index (χ0v) is 3.83. The fourth-order valence-electron chi connectivity index (χ4n) is 0.250. The summed E-state index contributed by atoms with van der Waals surface area (Å²) in [6, 6.07) is 0. The van der Waals surface area contributed by atoms with E-state index in [1.54, 1.807) is 0 Å². The van der Waals surface area contributed by atoms with Gasteiger partial charge in [-0.05, 0) is 0 Å². The third-order valence-corrected chi connectivity index (χ3v) is 0.604. The summed E-state index contributed by atoms with van der Waals surface area (Å²) in [6.45, 7) is 2.75. The minimum absolute atomic E-state index is 0. The van der Waals surface area contributed by atoms with Gasteiger partial charge >= 0.3 is 0 Å². The molecule has 0 unspecified atom stereocenters. The summed E-state index contributed by atoms with van der Waals surface area (Å²) < 4.78 is 16.7. The standard InChI is InChI=1S/C5H12.6CH4.H2/c1-3-5-4-2;;;;;;;/h3-5H2,1-2H3;6*1H4;1H/i1D;;;;;;;1+1D. The summed E-state index contributed by atoms with van der Waals surface area (Å²) >= 11 is 0. The van der Waals surface area contributed by atoms with Crippen LogP contribution in [0.15, 0.2) is 0 Å². The van der Waals surface area contributed by atoms with Crippen molar-refractivity contribution >= 4 is 0 Å². The van der Waals surface area contributed by atoms with Crippen molar-refractivity contribution in [1.82, 2.24) is 0 Å². The molecule has 0 aromatic heterocycles. The van der Waals surface area contributed by atoms with E-state index in [0.29, 0.717) is 6.90 Å².